The molecule has 0 bridgehead atoms. The lowest BCUT2D eigenvalue weighted by molar-refractivity contribution is 1.33. The van der Waals surface area contributed by atoms with Crippen LogP contribution in [0.1, 0.15) is 5.56 Å². The maximum Gasteiger partial charge on any atom is 0.0702 e. The van der Waals surface area contributed by atoms with Crippen molar-refractivity contribution in [1.82, 2.24) is 4.98 Å². The average Bonchev–Trinajstić information content (AvgIpc) is 2.03. The van der Waals surface area contributed by atoms with E-state index in [-0.39, 0.29) is 0 Å². The zero-order chi connectivity index (χ0) is 8.55. The number of hydrogen-bond acceptors (Lipinski definition) is 1. The number of fused-ring (bicyclic) bond motifs is 1. The Morgan fingerprint density at radius 3 is 2.92 bits per heavy atom. The fraction of sp³-hybridized carbons (Fsp3) is 0.100. The van der Waals surface area contributed by atoms with Gasteiger partial charge in [0.25, 0.3) is 0 Å². The van der Waals surface area contributed by atoms with Gasteiger partial charge in [0, 0.05) is 15.2 Å². The Morgan fingerprint density at radius 1 is 1.25 bits per heavy atom. The molecule has 0 spiro atoms. The third kappa shape index (κ3) is 1.43. The highest BCUT2D eigenvalue weighted by molar-refractivity contribution is 14.1. The molecule has 60 valence electrons. The van der Waals surface area contributed by atoms with Crippen molar-refractivity contribution in [2.45, 2.75) is 6.92 Å². The molecule has 1 nitrogen and oxygen atoms in total. The molecular formula is C10H8IN. The summed E-state index contributed by atoms with van der Waals surface area (Å²) in [4.78, 5) is 4.32. The molecule has 2 aromatic rings. The van der Waals surface area contributed by atoms with Crippen LogP contribution in [-0.2, 0) is 0 Å². The van der Waals surface area contributed by atoms with E-state index in [0.717, 1.165) is 5.52 Å². The van der Waals surface area contributed by atoms with Gasteiger partial charge in [-0.3, -0.25) is 4.98 Å². The van der Waals surface area contributed by atoms with E-state index in [1.165, 1.54) is 14.5 Å². The second-order valence-electron chi connectivity index (χ2n) is 2.85. The van der Waals surface area contributed by atoms with E-state index >= 15 is 0 Å². The van der Waals surface area contributed by atoms with Crippen molar-refractivity contribution < 1.29 is 0 Å². The summed E-state index contributed by atoms with van der Waals surface area (Å²) in [6.45, 7) is 2.06. The monoisotopic (exact) mass is 269 g/mol. The summed E-state index contributed by atoms with van der Waals surface area (Å²) in [6, 6.07) is 8.43. The summed E-state index contributed by atoms with van der Waals surface area (Å²) in [6.07, 6.45) is 1.90. The molecule has 1 aromatic heterocycles. The van der Waals surface area contributed by atoms with E-state index in [0.29, 0.717) is 0 Å². The van der Waals surface area contributed by atoms with Gasteiger partial charge in [0.05, 0.1) is 5.52 Å². The first-order valence-electron chi connectivity index (χ1n) is 3.77. The molecule has 0 aliphatic carbocycles. The predicted molar refractivity (Wildman–Crippen MR) is 59.2 cm³/mol. The third-order valence-corrected chi connectivity index (χ3v) is 2.45. The molecule has 0 N–H and O–H groups in total. The minimum atomic E-state index is 1.07. The van der Waals surface area contributed by atoms with Crippen molar-refractivity contribution in [3.8, 4) is 0 Å². The van der Waals surface area contributed by atoms with E-state index in [2.05, 4.69) is 58.8 Å². The maximum absolute atomic E-state index is 4.32. The lowest BCUT2D eigenvalue weighted by Crippen LogP contribution is -1.81. The molecule has 0 atom stereocenters. The van der Waals surface area contributed by atoms with Crippen molar-refractivity contribution in [3.05, 3.63) is 39.6 Å². The van der Waals surface area contributed by atoms with Crippen LogP contribution in [0.5, 0.6) is 0 Å². The lowest BCUT2D eigenvalue weighted by atomic mass is 10.2. The topological polar surface area (TPSA) is 12.9 Å². The second-order valence-corrected chi connectivity index (χ2v) is 4.10. The zero-order valence-electron chi connectivity index (χ0n) is 6.71. The molecule has 0 aliphatic heterocycles. The van der Waals surface area contributed by atoms with Crippen LogP contribution in [0, 0.1) is 10.5 Å². The first-order chi connectivity index (χ1) is 5.75. The van der Waals surface area contributed by atoms with Crippen LogP contribution >= 0.6 is 22.6 Å². The van der Waals surface area contributed by atoms with E-state index in [1.54, 1.807) is 0 Å². The summed E-state index contributed by atoms with van der Waals surface area (Å²) in [5.41, 5.74) is 2.28. The van der Waals surface area contributed by atoms with Gasteiger partial charge in [-0.1, -0.05) is 0 Å². The molecule has 1 heterocycles. The van der Waals surface area contributed by atoms with Crippen molar-refractivity contribution in [2.75, 3.05) is 0 Å². The molecular weight excluding hydrogens is 261 g/mol. The molecule has 0 radical (unpaired) electrons. The molecule has 0 saturated carbocycles. The normalized spacial score (nSPS) is 10.5. The summed E-state index contributed by atoms with van der Waals surface area (Å²) >= 11 is 2.31. The van der Waals surface area contributed by atoms with Gasteiger partial charge >= 0.3 is 0 Å². The van der Waals surface area contributed by atoms with E-state index in [4.69, 9.17) is 0 Å². The van der Waals surface area contributed by atoms with Crippen molar-refractivity contribution in [2.24, 2.45) is 0 Å². The summed E-state index contributed by atoms with van der Waals surface area (Å²) in [5, 5.41) is 1.22. The highest BCUT2D eigenvalue weighted by atomic mass is 127. The Hall–Kier alpha value is -0.640. The standard InChI is InChI=1S/C10H8IN/c1-7-4-8-5-9(11)2-3-10(8)12-6-7/h2-6H,1H3. The van der Waals surface area contributed by atoms with Gasteiger partial charge in [0.1, 0.15) is 0 Å². The van der Waals surface area contributed by atoms with Crippen LogP contribution in [0.2, 0.25) is 0 Å². The highest BCUT2D eigenvalue weighted by Gasteiger charge is 1.94. The molecule has 2 rings (SSSR count). The van der Waals surface area contributed by atoms with Crippen molar-refractivity contribution in [3.63, 3.8) is 0 Å². The third-order valence-electron chi connectivity index (χ3n) is 1.78. The maximum atomic E-state index is 4.32. The summed E-state index contributed by atoms with van der Waals surface area (Å²) < 4.78 is 1.26. The van der Waals surface area contributed by atoms with Gasteiger partial charge in [-0.25, -0.2) is 0 Å². The molecule has 2 heteroatoms. The fourth-order valence-electron chi connectivity index (χ4n) is 1.21. The highest BCUT2D eigenvalue weighted by Crippen LogP contribution is 2.15. The summed E-state index contributed by atoms with van der Waals surface area (Å²) in [7, 11) is 0. The molecule has 12 heavy (non-hydrogen) atoms. The van der Waals surface area contributed by atoms with Crippen LogP contribution in [0.15, 0.2) is 30.5 Å². The van der Waals surface area contributed by atoms with Crippen LogP contribution < -0.4 is 0 Å². The van der Waals surface area contributed by atoms with Crippen LogP contribution in [-0.4, -0.2) is 4.98 Å². The fourth-order valence-corrected chi connectivity index (χ4v) is 1.73. The largest absolute Gasteiger partial charge is 0.256 e. The zero-order valence-corrected chi connectivity index (χ0v) is 8.87. The molecule has 0 saturated heterocycles. The number of nitrogens with zero attached hydrogens (tertiary/aromatic N) is 1. The van der Waals surface area contributed by atoms with Crippen LogP contribution in [0.4, 0.5) is 0 Å². The minimum absolute atomic E-state index is 1.07. The van der Waals surface area contributed by atoms with Gasteiger partial charge in [0.2, 0.25) is 0 Å². The van der Waals surface area contributed by atoms with Gasteiger partial charge in [0.15, 0.2) is 0 Å². The minimum Gasteiger partial charge on any atom is -0.256 e. The number of aromatic nitrogens is 1. The molecule has 0 amide bonds. The molecule has 0 unspecified atom stereocenters. The Balaban J connectivity index is 2.80. The van der Waals surface area contributed by atoms with Crippen molar-refractivity contribution >= 4 is 33.5 Å². The smallest absolute Gasteiger partial charge is 0.0702 e. The number of aryl methyl sites for hydroxylation is 1. The number of pyridine rings is 1. The summed E-state index contributed by atoms with van der Waals surface area (Å²) in [5.74, 6) is 0. The molecule has 0 fully saturated rings. The van der Waals surface area contributed by atoms with E-state index in [9.17, 15) is 0 Å². The lowest BCUT2D eigenvalue weighted by Gasteiger charge is -1.98. The average molecular weight is 269 g/mol. The van der Waals surface area contributed by atoms with E-state index in [1.807, 2.05) is 6.20 Å². The molecule has 0 aliphatic rings. The van der Waals surface area contributed by atoms with Gasteiger partial charge in [-0.2, -0.15) is 0 Å². The van der Waals surface area contributed by atoms with Gasteiger partial charge < -0.3 is 0 Å². The SMILES string of the molecule is Cc1cnc2ccc(I)cc2c1. The Kier molecular flexibility index (Phi) is 2.00. The number of rotatable bonds is 0. The first-order valence-corrected chi connectivity index (χ1v) is 4.85. The quantitative estimate of drug-likeness (QED) is 0.669. The van der Waals surface area contributed by atoms with Crippen LogP contribution in [0.3, 0.4) is 0 Å². The number of benzene rings is 1. The van der Waals surface area contributed by atoms with Gasteiger partial charge in [-0.05, 0) is 59.3 Å². The number of halogens is 1. The Labute approximate surface area is 85.0 Å². The molecule has 1 aromatic carbocycles. The Bertz CT molecular complexity index is 386. The van der Waals surface area contributed by atoms with Gasteiger partial charge in [-0.15, -0.1) is 0 Å². The number of hydrogen-bond donors (Lipinski definition) is 0. The van der Waals surface area contributed by atoms with Crippen LogP contribution in [0.25, 0.3) is 10.9 Å². The van der Waals surface area contributed by atoms with Crippen molar-refractivity contribution in [1.29, 1.82) is 0 Å². The predicted octanol–water partition coefficient (Wildman–Crippen LogP) is 3.15. The first kappa shape index (κ1) is 7.98. The van der Waals surface area contributed by atoms with E-state index < -0.39 is 0 Å². The second kappa shape index (κ2) is 3.01. The Morgan fingerprint density at radius 2 is 2.08 bits per heavy atom.